The number of sulfonamides is 1. The molecular formula is C31H37FN2O5S. The van der Waals surface area contributed by atoms with Crippen LogP contribution in [0.5, 0.6) is 0 Å². The van der Waals surface area contributed by atoms with E-state index >= 15 is 0 Å². The zero-order chi connectivity index (χ0) is 29.1. The van der Waals surface area contributed by atoms with Crippen LogP contribution in [-0.2, 0) is 34.1 Å². The van der Waals surface area contributed by atoms with E-state index in [4.69, 9.17) is 0 Å². The minimum absolute atomic E-state index is 0.0284. The number of likely N-dealkylation sites (N-methyl/N-ethyl adjacent to an activating group) is 1. The minimum atomic E-state index is -3.98. The molecule has 214 valence electrons. The van der Waals surface area contributed by atoms with Crippen molar-refractivity contribution in [2.45, 2.75) is 56.1 Å². The zero-order valence-electron chi connectivity index (χ0n) is 23.1. The molecular weight excluding hydrogens is 531 g/mol. The molecule has 0 saturated heterocycles. The number of nitrogens with one attached hydrogen (secondary N) is 1. The first-order valence-electron chi connectivity index (χ1n) is 13.4. The van der Waals surface area contributed by atoms with Crippen molar-refractivity contribution in [3.8, 4) is 11.1 Å². The second kappa shape index (κ2) is 12.2. The van der Waals surface area contributed by atoms with E-state index in [2.05, 4.69) is 43.4 Å². The average Bonchev–Trinajstić information content (AvgIpc) is 3.30. The van der Waals surface area contributed by atoms with Crippen molar-refractivity contribution in [2.75, 3.05) is 20.1 Å². The summed E-state index contributed by atoms with van der Waals surface area (Å²) in [7, 11) is -2.57. The molecule has 1 unspecified atom stereocenters. The van der Waals surface area contributed by atoms with E-state index in [-0.39, 0.29) is 29.9 Å². The molecule has 7 nitrogen and oxygen atoms in total. The molecule has 0 spiro atoms. The second-order valence-corrected chi connectivity index (χ2v) is 13.4. The summed E-state index contributed by atoms with van der Waals surface area (Å²) < 4.78 is 41.8. The maximum atomic E-state index is 14.0. The summed E-state index contributed by atoms with van der Waals surface area (Å²) in [5, 5.41) is 23.4. The highest BCUT2D eigenvalue weighted by atomic mass is 32.2. The molecule has 3 N–H and O–H groups in total. The van der Waals surface area contributed by atoms with E-state index in [0.717, 1.165) is 23.6 Å². The van der Waals surface area contributed by atoms with Gasteiger partial charge in [0.2, 0.25) is 10.0 Å². The fraction of sp³-hybridized carbons (Fsp3) is 0.387. The van der Waals surface area contributed by atoms with Crippen molar-refractivity contribution in [1.82, 2.24) is 9.62 Å². The number of β-amino-alcohol motifs (C(OH)–C–C–N with tert-alkyl or cyclic N) is 1. The quantitative estimate of drug-likeness (QED) is 0.301. The van der Waals surface area contributed by atoms with Gasteiger partial charge in [-0.2, -0.15) is 4.31 Å². The fourth-order valence-corrected chi connectivity index (χ4v) is 6.83. The molecule has 0 radical (unpaired) electrons. The summed E-state index contributed by atoms with van der Waals surface area (Å²) in [5.41, 5.74) is 3.65. The van der Waals surface area contributed by atoms with Crippen molar-refractivity contribution in [3.05, 3.63) is 89.2 Å². The summed E-state index contributed by atoms with van der Waals surface area (Å²) in [5.74, 6) is -1.11. The summed E-state index contributed by atoms with van der Waals surface area (Å²) in [4.78, 5) is 11.2. The molecule has 0 saturated carbocycles. The third-order valence-electron chi connectivity index (χ3n) is 7.49. The topological polar surface area (TPSA) is 107 Å². The average molecular weight is 569 g/mol. The summed E-state index contributed by atoms with van der Waals surface area (Å²) in [6, 6.07) is 18.3. The molecule has 1 atom stereocenters. The molecule has 3 aromatic rings. The van der Waals surface area contributed by atoms with Crippen LogP contribution in [0.3, 0.4) is 0 Å². The number of aliphatic hydroxyl groups is 1. The molecule has 1 aliphatic carbocycles. The normalized spacial score (nSPS) is 14.8. The van der Waals surface area contributed by atoms with Crippen molar-refractivity contribution < 1.29 is 27.8 Å². The molecule has 40 heavy (non-hydrogen) atoms. The number of carbonyl (C=O) groups is 1. The number of carboxylic acid groups (broad SMARTS) is 1. The largest absolute Gasteiger partial charge is 0.481 e. The summed E-state index contributed by atoms with van der Waals surface area (Å²) >= 11 is 0. The number of hydrogen-bond donors (Lipinski definition) is 3. The smallest absolute Gasteiger partial charge is 0.307 e. The van der Waals surface area contributed by atoms with E-state index in [0.29, 0.717) is 22.6 Å². The summed E-state index contributed by atoms with van der Waals surface area (Å²) in [6.45, 7) is 4.31. The van der Waals surface area contributed by atoms with Crippen LogP contribution in [0.25, 0.3) is 11.1 Å². The highest BCUT2D eigenvalue weighted by molar-refractivity contribution is 7.89. The van der Waals surface area contributed by atoms with E-state index in [1.807, 2.05) is 0 Å². The Morgan fingerprint density at radius 1 is 1.07 bits per heavy atom. The molecule has 9 heteroatoms. The van der Waals surface area contributed by atoms with Gasteiger partial charge in [-0.25, -0.2) is 12.8 Å². The predicted molar refractivity (Wildman–Crippen MR) is 153 cm³/mol. The zero-order valence-corrected chi connectivity index (χ0v) is 23.9. The number of rotatable bonds is 12. The number of nitrogens with zero attached hydrogens (tertiary/aromatic N) is 1. The second-order valence-electron chi connectivity index (χ2n) is 11.4. The van der Waals surface area contributed by atoms with E-state index in [1.54, 1.807) is 6.07 Å². The highest BCUT2D eigenvalue weighted by Gasteiger charge is 2.29. The number of carboxylic acids is 1. The molecule has 0 aliphatic heterocycles. The molecule has 0 aromatic heterocycles. The van der Waals surface area contributed by atoms with Crippen LogP contribution < -0.4 is 5.32 Å². The van der Waals surface area contributed by atoms with Gasteiger partial charge in [0.1, 0.15) is 5.82 Å². The Balaban J connectivity index is 1.38. The Kier molecular flexibility index (Phi) is 9.09. The van der Waals surface area contributed by atoms with Gasteiger partial charge in [-0.1, -0.05) is 42.5 Å². The number of fused-ring (bicyclic) bond motifs is 1. The Morgan fingerprint density at radius 2 is 1.75 bits per heavy atom. The maximum Gasteiger partial charge on any atom is 0.307 e. The first kappa shape index (κ1) is 29.9. The van der Waals surface area contributed by atoms with Crippen LogP contribution in [0.15, 0.2) is 71.6 Å². The molecule has 1 aliphatic rings. The lowest BCUT2D eigenvalue weighted by Gasteiger charge is -2.31. The van der Waals surface area contributed by atoms with Gasteiger partial charge in [0.25, 0.3) is 0 Å². The fourth-order valence-electron chi connectivity index (χ4n) is 5.58. The van der Waals surface area contributed by atoms with Crippen molar-refractivity contribution in [3.63, 3.8) is 0 Å². The lowest BCUT2D eigenvalue weighted by Crippen LogP contribution is -2.47. The van der Waals surface area contributed by atoms with E-state index < -0.39 is 27.9 Å². The lowest BCUT2D eigenvalue weighted by molar-refractivity contribution is -0.136. The minimum Gasteiger partial charge on any atom is -0.481 e. The van der Waals surface area contributed by atoms with Crippen LogP contribution >= 0.6 is 0 Å². The van der Waals surface area contributed by atoms with Gasteiger partial charge >= 0.3 is 5.97 Å². The van der Waals surface area contributed by atoms with Crippen LogP contribution in [0.2, 0.25) is 0 Å². The molecule has 3 aromatic carbocycles. The Bertz CT molecular complexity index is 1450. The van der Waals surface area contributed by atoms with Gasteiger partial charge in [-0.05, 0) is 91.1 Å². The number of benzene rings is 3. The van der Waals surface area contributed by atoms with E-state index in [1.165, 1.54) is 54.6 Å². The van der Waals surface area contributed by atoms with Gasteiger partial charge < -0.3 is 15.5 Å². The third kappa shape index (κ3) is 7.34. The number of hydrogen-bond acceptors (Lipinski definition) is 5. The molecule has 0 fully saturated rings. The predicted octanol–water partition coefficient (Wildman–Crippen LogP) is 4.27. The number of aliphatic carboxylic acids is 1. The Morgan fingerprint density at radius 3 is 2.40 bits per heavy atom. The number of aliphatic hydroxyl groups excluding tert-OH is 1. The van der Waals surface area contributed by atoms with Crippen LogP contribution in [-0.4, -0.2) is 60.7 Å². The van der Waals surface area contributed by atoms with Gasteiger partial charge in [-0.3, -0.25) is 4.79 Å². The van der Waals surface area contributed by atoms with E-state index in [9.17, 15) is 27.8 Å². The molecule has 0 heterocycles. The molecule has 0 bridgehead atoms. The van der Waals surface area contributed by atoms with Gasteiger partial charge in [-0.15, -0.1) is 0 Å². The Labute approximate surface area is 235 Å². The van der Waals surface area contributed by atoms with Crippen LogP contribution in [0, 0.1) is 11.7 Å². The first-order chi connectivity index (χ1) is 18.8. The molecule has 0 amide bonds. The number of halogens is 1. The monoisotopic (exact) mass is 568 g/mol. The van der Waals surface area contributed by atoms with Crippen molar-refractivity contribution >= 4 is 16.0 Å². The summed E-state index contributed by atoms with van der Waals surface area (Å²) in [6.07, 6.45) is 1.75. The van der Waals surface area contributed by atoms with Crippen molar-refractivity contribution in [1.29, 1.82) is 0 Å². The van der Waals surface area contributed by atoms with Crippen molar-refractivity contribution in [2.24, 2.45) is 5.92 Å². The van der Waals surface area contributed by atoms with Gasteiger partial charge in [0.05, 0.1) is 17.4 Å². The van der Waals surface area contributed by atoms with Gasteiger partial charge in [0.15, 0.2) is 0 Å². The SMILES string of the molecule is CN(CC(O)CNC(C)(C)CC1Cc2ccccc2C1)S(=O)(=O)c1cccc(-c2cc(F)ccc2CC(=O)O)c1. The van der Waals surface area contributed by atoms with Gasteiger partial charge in [0, 0.05) is 25.7 Å². The maximum absolute atomic E-state index is 14.0. The van der Waals surface area contributed by atoms with Crippen LogP contribution in [0.4, 0.5) is 4.39 Å². The standard InChI is InChI=1S/C31H37FN2O5S/c1-31(2,18-21-13-22-7-4-5-8-23(22)14-21)33-19-27(35)20-34(3)40(38,39)28-10-6-9-24(15-28)29-17-26(32)12-11-25(29)16-30(36)37/h4-12,15,17,21,27,33,35H,13-14,16,18-20H2,1-3H3,(H,36,37). The van der Waals surface area contributed by atoms with Crippen LogP contribution in [0.1, 0.15) is 37.0 Å². The molecule has 4 rings (SSSR count). The third-order valence-corrected chi connectivity index (χ3v) is 9.30. The lowest BCUT2D eigenvalue weighted by atomic mass is 9.88. The Hall–Kier alpha value is -3.11. The first-order valence-corrected chi connectivity index (χ1v) is 14.8. The highest BCUT2D eigenvalue weighted by Crippen LogP contribution is 2.32.